The van der Waals surface area contributed by atoms with Gasteiger partial charge < -0.3 is 9.80 Å². The van der Waals surface area contributed by atoms with Gasteiger partial charge in [0, 0.05) is 28.8 Å². The number of hydrogen-bond acceptors (Lipinski definition) is 3. The van der Waals surface area contributed by atoms with E-state index < -0.39 is 0 Å². The van der Waals surface area contributed by atoms with Crippen LogP contribution in [0.1, 0.15) is 59.4 Å². The van der Waals surface area contributed by atoms with Gasteiger partial charge in [0.05, 0.1) is 6.54 Å². The summed E-state index contributed by atoms with van der Waals surface area (Å²) in [7, 11) is 0. The number of benzene rings is 2. The molecule has 2 aromatic carbocycles. The Balaban J connectivity index is 1.49. The maximum atomic E-state index is 13.7. The number of hydrogen-bond donors (Lipinski definition) is 0. The van der Waals surface area contributed by atoms with Gasteiger partial charge in [-0.15, -0.1) is 11.3 Å². The molecule has 1 aliphatic carbocycles. The molecule has 1 aromatic heterocycles. The predicted molar refractivity (Wildman–Crippen MR) is 143 cm³/mol. The number of carbonyl (C=O) groups is 2. The van der Waals surface area contributed by atoms with Crippen LogP contribution < -0.4 is 0 Å². The van der Waals surface area contributed by atoms with E-state index in [2.05, 4.69) is 43.3 Å². The van der Waals surface area contributed by atoms with Gasteiger partial charge in [0.1, 0.15) is 6.54 Å². The Morgan fingerprint density at radius 3 is 2.09 bits per heavy atom. The van der Waals surface area contributed by atoms with Crippen LogP contribution in [0, 0.1) is 6.92 Å². The molecule has 1 heterocycles. The summed E-state index contributed by atoms with van der Waals surface area (Å²) in [6, 6.07) is 24.6. The van der Waals surface area contributed by atoms with Gasteiger partial charge in [-0.2, -0.15) is 0 Å². The minimum atomic E-state index is 0.0264. The zero-order valence-corrected chi connectivity index (χ0v) is 21.5. The third-order valence-corrected chi connectivity index (χ3v) is 7.81. The van der Waals surface area contributed by atoms with Gasteiger partial charge in [-0.1, -0.05) is 79.9 Å². The monoisotopic (exact) mass is 488 g/mol. The molecule has 2 amide bonds. The molecule has 0 spiro atoms. The minimum Gasteiger partial charge on any atom is -0.332 e. The van der Waals surface area contributed by atoms with Crippen molar-refractivity contribution in [2.75, 3.05) is 6.54 Å². The van der Waals surface area contributed by atoms with Crippen LogP contribution in [0.15, 0.2) is 72.8 Å². The van der Waals surface area contributed by atoms with Gasteiger partial charge in [0.25, 0.3) is 0 Å². The van der Waals surface area contributed by atoms with E-state index in [0.29, 0.717) is 25.9 Å². The first-order chi connectivity index (χ1) is 17.1. The van der Waals surface area contributed by atoms with E-state index in [1.165, 1.54) is 16.2 Å². The number of rotatable bonds is 10. The molecule has 4 rings (SSSR count). The van der Waals surface area contributed by atoms with E-state index in [4.69, 9.17) is 0 Å². The van der Waals surface area contributed by atoms with Crippen LogP contribution in [0.2, 0.25) is 0 Å². The molecule has 1 aliphatic rings. The van der Waals surface area contributed by atoms with Crippen molar-refractivity contribution >= 4 is 23.2 Å². The Bertz CT molecular complexity index is 1070. The summed E-state index contributed by atoms with van der Waals surface area (Å²) in [6.07, 6.45) is 6.61. The SMILES string of the molecule is Cc1ccc(CN(Cc2ccccc2)C(=O)CN(C(=O)CCc2ccccc2)C2CCCCC2)s1. The molecule has 0 radical (unpaired) electrons. The molecular weight excluding hydrogens is 452 g/mol. The maximum absolute atomic E-state index is 13.7. The fourth-order valence-corrected chi connectivity index (χ4v) is 5.80. The number of carbonyl (C=O) groups excluding carboxylic acids is 2. The predicted octanol–water partition coefficient (Wildman–Crippen LogP) is 6.38. The molecule has 1 saturated carbocycles. The Kier molecular flexibility index (Phi) is 9.13. The number of aryl methyl sites for hydroxylation is 2. The van der Waals surface area contributed by atoms with Crippen LogP contribution in [-0.2, 0) is 29.1 Å². The Morgan fingerprint density at radius 2 is 1.46 bits per heavy atom. The first kappa shape index (κ1) is 25.2. The van der Waals surface area contributed by atoms with Crippen LogP contribution in [0.4, 0.5) is 0 Å². The van der Waals surface area contributed by atoms with Crippen molar-refractivity contribution in [3.05, 3.63) is 93.7 Å². The molecule has 4 nitrogen and oxygen atoms in total. The normalized spacial score (nSPS) is 14.0. The van der Waals surface area contributed by atoms with E-state index >= 15 is 0 Å². The van der Waals surface area contributed by atoms with Crippen molar-refractivity contribution in [1.82, 2.24) is 9.80 Å². The van der Waals surface area contributed by atoms with Crippen molar-refractivity contribution in [2.45, 2.75) is 71.0 Å². The van der Waals surface area contributed by atoms with Crippen molar-refractivity contribution in [1.29, 1.82) is 0 Å². The highest BCUT2D eigenvalue weighted by Gasteiger charge is 2.29. The average Bonchev–Trinajstić information content (AvgIpc) is 3.31. The van der Waals surface area contributed by atoms with Crippen molar-refractivity contribution in [2.24, 2.45) is 0 Å². The summed E-state index contributed by atoms with van der Waals surface area (Å²) in [4.78, 5) is 33.4. The molecule has 3 aromatic rings. The maximum Gasteiger partial charge on any atom is 0.242 e. The molecular formula is C30H36N2O2S. The van der Waals surface area contributed by atoms with Crippen molar-refractivity contribution < 1.29 is 9.59 Å². The van der Waals surface area contributed by atoms with E-state index in [0.717, 1.165) is 36.8 Å². The van der Waals surface area contributed by atoms with E-state index in [-0.39, 0.29) is 24.4 Å². The molecule has 0 bridgehead atoms. The second-order valence-electron chi connectivity index (χ2n) is 9.55. The highest BCUT2D eigenvalue weighted by Crippen LogP contribution is 2.25. The van der Waals surface area contributed by atoms with Gasteiger partial charge in [-0.3, -0.25) is 9.59 Å². The largest absolute Gasteiger partial charge is 0.332 e. The molecule has 0 aliphatic heterocycles. The van der Waals surface area contributed by atoms with Gasteiger partial charge in [-0.05, 0) is 49.4 Å². The van der Waals surface area contributed by atoms with Crippen LogP contribution >= 0.6 is 11.3 Å². The third kappa shape index (κ3) is 7.53. The summed E-state index contributed by atoms with van der Waals surface area (Å²) in [5.74, 6) is 0.124. The lowest BCUT2D eigenvalue weighted by Crippen LogP contribution is -2.48. The molecule has 0 saturated heterocycles. The fraction of sp³-hybridized carbons (Fsp3) is 0.400. The number of nitrogens with zero attached hydrogens (tertiary/aromatic N) is 2. The lowest BCUT2D eigenvalue weighted by molar-refractivity contribution is -0.143. The molecule has 5 heteroatoms. The molecule has 35 heavy (non-hydrogen) atoms. The Hall–Kier alpha value is -2.92. The molecule has 1 fully saturated rings. The lowest BCUT2D eigenvalue weighted by Gasteiger charge is -2.35. The zero-order chi connectivity index (χ0) is 24.5. The fourth-order valence-electron chi connectivity index (χ4n) is 4.89. The highest BCUT2D eigenvalue weighted by atomic mass is 32.1. The Morgan fingerprint density at radius 1 is 0.800 bits per heavy atom. The van der Waals surface area contributed by atoms with Gasteiger partial charge in [0.2, 0.25) is 11.8 Å². The third-order valence-electron chi connectivity index (χ3n) is 6.82. The van der Waals surface area contributed by atoms with Crippen LogP contribution in [-0.4, -0.2) is 34.2 Å². The first-order valence-corrected chi connectivity index (χ1v) is 13.6. The van der Waals surface area contributed by atoms with Gasteiger partial charge in [0.15, 0.2) is 0 Å². The topological polar surface area (TPSA) is 40.6 Å². The van der Waals surface area contributed by atoms with E-state index in [1.54, 1.807) is 11.3 Å². The standard InChI is InChI=1S/C30H36N2O2S/c1-24-17-19-28(35-24)22-31(21-26-13-7-3-8-14-26)30(34)23-32(27-15-9-4-10-16-27)29(33)20-18-25-11-5-2-6-12-25/h2-3,5-8,11-14,17,19,27H,4,9-10,15-16,18,20-23H2,1H3. The number of thiophene rings is 1. The van der Waals surface area contributed by atoms with Crippen molar-refractivity contribution in [3.8, 4) is 0 Å². The summed E-state index contributed by atoms with van der Waals surface area (Å²) in [6.45, 7) is 3.37. The molecule has 0 N–H and O–H groups in total. The second-order valence-corrected chi connectivity index (χ2v) is 10.9. The first-order valence-electron chi connectivity index (χ1n) is 12.8. The molecule has 0 atom stereocenters. The average molecular weight is 489 g/mol. The van der Waals surface area contributed by atoms with Gasteiger partial charge >= 0.3 is 0 Å². The van der Waals surface area contributed by atoms with Crippen LogP contribution in [0.25, 0.3) is 0 Å². The van der Waals surface area contributed by atoms with Gasteiger partial charge in [-0.25, -0.2) is 0 Å². The smallest absolute Gasteiger partial charge is 0.242 e. The highest BCUT2D eigenvalue weighted by molar-refractivity contribution is 7.11. The quantitative estimate of drug-likeness (QED) is 0.332. The van der Waals surface area contributed by atoms with E-state index in [9.17, 15) is 9.59 Å². The molecule has 184 valence electrons. The van der Waals surface area contributed by atoms with Crippen LogP contribution in [0.3, 0.4) is 0 Å². The minimum absolute atomic E-state index is 0.0264. The molecule has 0 unspecified atom stereocenters. The summed E-state index contributed by atoms with van der Waals surface area (Å²) >= 11 is 1.73. The lowest BCUT2D eigenvalue weighted by atomic mass is 9.93. The zero-order valence-electron chi connectivity index (χ0n) is 20.7. The summed E-state index contributed by atoms with van der Waals surface area (Å²) in [5, 5.41) is 0. The Labute approximate surface area is 213 Å². The van der Waals surface area contributed by atoms with Crippen molar-refractivity contribution in [3.63, 3.8) is 0 Å². The summed E-state index contributed by atoms with van der Waals surface area (Å²) < 4.78 is 0. The summed E-state index contributed by atoms with van der Waals surface area (Å²) in [5.41, 5.74) is 2.27. The second kappa shape index (κ2) is 12.7. The van der Waals surface area contributed by atoms with E-state index in [1.807, 2.05) is 46.2 Å². The number of amides is 2. The van der Waals surface area contributed by atoms with Crippen LogP contribution in [0.5, 0.6) is 0 Å².